The van der Waals surface area contributed by atoms with Crippen LogP contribution in [-0.2, 0) is 31.9 Å². The maximum absolute atomic E-state index is 12.9. The number of fused-ring (bicyclic) bond motifs is 1. The Morgan fingerprint density at radius 1 is 1.14 bits per heavy atom. The van der Waals surface area contributed by atoms with Crippen molar-refractivity contribution in [2.75, 3.05) is 52.3 Å². The first-order valence-electron chi connectivity index (χ1n) is 14.0. The van der Waals surface area contributed by atoms with E-state index in [4.69, 9.17) is 14.5 Å². The van der Waals surface area contributed by atoms with Crippen LogP contribution in [0.25, 0.3) is 0 Å². The first-order valence-corrected chi connectivity index (χ1v) is 14.0. The summed E-state index contributed by atoms with van der Waals surface area (Å²) < 4.78 is 10.8. The number of aryl methyl sites for hydroxylation is 2. The maximum Gasteiger partial charge on any atom is 0.326 e. The number of nitrogens with one attached hydrogen (secondary N) is 2. The number of carbonyl (C=O) groups is 2. The first kappa shape index (κ1) is 29.3. The minimum atomic E-state index is -1.01. The molecular weight excluding hydrogens is 472 g/mol. The van der Waals surface area contributed by atoms with E-state index < -0.39 is 18.1 Å². The van der Waals surface area contributed by atoms with Crippen molar-refractivity contribution in [3.05, 3.63) is 23.4 Å². The Kier molecular flexibility index (Phi) is 12.6. The topological polar surface area (TPSA) is 113 Å². The van der Waals surface area contributed by atoms with Gasteiger partial charge in [0.05, 0.1) is 6.61 Å². The van der Waals surface area contributed by atoms with Crippen LogP contribution in [0.15, 0.2) is 12.1 Å². The predicted molar refractivity (Wildman–Crippen MR) is 144 cm³/mol. The molecule has 37 heavy (non-hydrogen) atoms. The molecule has 9 nitrogen and oxygen atoms in total. The Morgan fingerprint density at radius 2 is 1.95 bits per heavy atom. The zero-order valence-electron chi connectivity index (χ0n) is 22.7. The molecule has 1 aromatic rings. The lowest BCUT2D eigenvalue weighted by Crippen LogP contribution is -2.49. The number of rotatable bonds is 16. The van der Waals surface area contributed by atoms with Crippen LogP contribution in [0.2, 0.25) is 0 Å². The molecule has 1 aliphatic carbocycles. The first-order chi connectivity index (χ1) is 18.0. The zero-order valence-corrected chi connectivity index (χ0v) is 22.7. The number of anilines is 1. The van der Waals surface area contributed by atoms with Gasteiger partial charge in [0, 0.05) is 39.5 Å². The number of pyridine rings is 1. The minimum absolute atomic E-state index is 0.159. The number of hydrogen-bond acceptors (Lipinski definition) is 7. The number of carboxylic acids is 1. The molecule has 3 rings (SSSR count). The van der Waals surface area contributed by atoms with E-state index in [1.165, 1.54) is 19.1 Å². The van der Waals surface area contributed by atoms with Crippen LogP contribution in [0, 0.1) is 5.92 Å². The molecule has 0 radical (unpaired) electrons. The van der Waals surface area contributed by atoms with Crippen LogP contribution in [0.5, 0.6) is 0 Å². The Morgan fingerprint density at radius 3 is 2.68 bits per heavy atom. The van der Waals surface area contributed by atoms with Crippen molar-refractivity contribution < 1.29 is 24.2 Å². The smallest absolute Gasteiger partial charge is 0.326 e. The Hall–Kier alpha value is -2.23. The van der Waals surface area contributed by atoms with Crippen LogP contribution in [0.1, 0.15) is 69.0 Å². The van der Waals surface area contributed by atoms with Crippen LogP contribution in [-0.4, -0.2) is 86.0 Å². The van der Waals surface area contributed by atoms with Crippen molar-refractivity contribution in [3.8, 4) is 0 Å². The van der Waals surface area contributed by atoms with Crippen molar-refractivity contribution in [2.24, 2.45) is 5.92 Å². The van der Waals surface area contributed by atoms with Gasteiger partial charge in [0.15, 0.2) is 0 Å². The summed E-state index contributed by atoms with van der Waals surface area (Å²) in [5, 5.41) is 15.9. The van der Waals surface area contributed by atoms with Crippen LogP contribution >= 0.6 is 0 Å². The fourth-order valence-electron chi connectivity index (χ4n) is 5.48. The number of amides is 1. The summed E-state index contributed by atoms with van der Waals surface area (Å²) >= 11 is 0. The number of carbonyl (C=O) groups excluding carboxylic acids is 1. The van der Waals surface area contributed by atoms with Crippen molar-refractivity contribution in [1.82, 2.24) is 15.2 Å². The molecule has 2 heterocycles. The lowest BCUT2D eigenvalue weighted by Gasteiger charge is -2.29. The molecular formula is C28H46N4O5. The van der Waals surface area contributed by atoms with E-state index in [9.17, 15) is 14.7 Å². The second-order valence-electron chi connectivity index (χ2n) is 10.4. The lowest BCUT2D eigenvalue weighted by molar-refractivity contribution is -0.145. The molecule has 0 saturated heterocycles. The number of methoxy groups -OCH3 is 2. The molecule has 1 amide bonds. The summed E-state index contributed by atoms with van der Waals surface area (Å²) in [4.78, 5) is 31.9. The molecule has 0 bridgehead atoms. The molecule has 2 atom stereocenters. The lowest BCUT2D eigenvalue weighted by atomic mass is 9.84. The Balaban J connectivity index is 1.46. The van der Waals surface area contributed by atoms with Crippen molar-refractivity contribution in [3.63, 3.8) is 0 Å². The third-order valence-electron chi connectivity index (χ3n) is 7.66. The maximum atomic E-state index is 12.9. The molecule has 9 heteroatoms. The summed E-state index contributed by atoms with van der Waals surface area (Å²) in [6.45, 7) is 3.71. The molecule has 0 aromatic carbocycles. The average molecular weight is 519 g/mol. The van der Waals surface area contributed by atoms with Gasteiger partial charge in [-0.05, 0) is 75.5 Å². The average Bonchev–Trinajstić information content (AvgIpc) is 2.92. The van der Waals surface area contributed by atoms with E-state index in [0.717, 1.165) is 88.9 Å². The Bertz CT molecular complexity index is 846. The number of hydrogen-bond donors (Lipinski definition) is 3. The number of aliphatic carboxylic acids is 1. The minimum Gasteiger partial charge on any atom is -0.480 e. The molecule has 2 aliphatic rings. The van der Waals surface area contributed by atoms with E-state index in [2.05, 4.69) is 27.7 Å². The molecule has 3 N–H and O–H groups in total. The van der Waals surface area contributed by atoms with Gasteiger partial charge in [-0.2, -0.15) is 0 Å². The molecule has 1 aromatic heterocycles. The highest BCUT2D eigenvalue weighted by Crippen LogP contribution is 2.28. The fourth-order valence-corrected chi connectivity index (χ4v) is 5.48. The van der Waals surface area contributed by atoms with Gasteiger partial charge in [0.1, 0.15) is 18.0 Å². The highest BCUT2D eigenvalue weighted by atomic mass is 16.5. The summed E-state index contributed by atoms with van der Waals surface area (Å²) in [6, 6.07) is 3.39. The van der Waals surface area contributed by atoms with Gasteiger partial charge in [-0.1, -0.05) is 25.3 Å². The molecule has 1 saturated carbocycles. The van der Waals surface area contributed by atoms with Gasteiger partial charge >= 0.3 is 5.97 Å². The Labute approximate surface area is 221 Å². The monoisotopic (exact) mass is 518 g/mol. The van der Waals surface area contributed by atoms with Crippen LogP contribution in [0.3, 0.4) is 0 Å². The van der Waals surface area contributed by atoms with Gasteiger partial charge in [0.2, 0.25) is 5.91 Å². The van der Waals surface area contributed by atoms with Gasteiger partial charge in [-0.3, -0.25) is 4.79 Å². The zero-order chi connectivity index (χ0) is 26.5. The molecule has 1 fully saturated rings. The van der Waals surface area contributed by atoms with E-state index in [0.29, 0.717) is 19.6 Å². The molecule has 0 spiro atoms. The molecule has 1 aliphatic heterocycles. The second kappa shape index (κ2) is 15.9. The summed E-state index contributed by atoms with van der Waals surface area (Å²) in [7, 11) is 3.21. The second-order valence-corrected chi connectivity index (χ2v) is 10.4. The van der Waals surface area contributed by atoms with Gasteiger partial charge in [-0.15, -0.1) is 0 Å². The van der Waals surface area contributed by atoms with Crippen molar-refractivity contribution in [2.45, 2.75) is 82.8 Å². The largest absolute Gasteiger partial charge is 0.480 e. The number of nitrogens with zero attached hydrogens (tertiary/aromatic N) is 2. The van der Waals surface area contributed by atoms with E-state index in [1.807, 2.05) is 0 Å². The third kappa shape index (κ3) is 9.54. The molecule has 2 unspecified atom stereocenters. The third-order valence-corrected chi connectivity index (χ3v) is 7.66. The summed E-state index contributed by atoms with van der Waals surface area (Å²) in [6.07, 6.45) is 10.2. The van der Waals surface area contributed by atoms with Crippen LogP contribution < -0.4 is 10.6 Å². The predicted octanol–water partition coefficient (Wildman–Crippen LogP) is 3.27. The van der Waals surface area contributed by atoms with Gasteiger partial charge < -0.3 is 30.1 Å². The van der Waals surface area contributed by atoms with Crippen molar-refractivity contribution in [1.29, 1.82) is 0 Å². The SMILES string of the molecule is COCCN(CCCCc1ccc2c(n1)NCCC2)CCC(NC(=O)C(OC)C1CCCCC1)C(=O)O. The van der Waals surface area contributed by atoms with Gasteiger partial charge in [0.25, 0.3) is 0 Å². The molecule has 208 valence electrons. The quantitative estimate of drug-likeness (QED) is 0.286. The van der Waals surface area contributed by atoms with Gasteiger partial charge in [-0.25, -0.2) is 9.78 Å². The number of aromatic nitrogens is 1. The van der Waals surface area contributed by atoms with Crippen LogP contribution in [0.4, 0.5) is 5.82 Å². The standard InChI is InChI=1S/C28H46N4O5/c1-36-20-19-32(17-7-6-12-23-14-13-22-11-8-16-29-26(22)30-23)18-15-24(28(34)35)31-27(33)25(37-2)21-9-4-3-5-10-21/h13-14,21,24-25H,3-12,15-20H2,1-2H3,(H,29,30)(H,31,33)(H,34,35). The van der Waals surface area contributed by atoms with E-state index >= 15 is 0 Å². The normalized spacial score (nSPS) is 17.6. The summed E-state index contributed by atoms with van der Waals surface area (Å²) in [5.74, 6) is -0.124. The highest BCUT2D eigenvalue weighted by Gasteiger charge is 2.32. The van der Waals surface area contributed by atoms with E-state index in [1.54, 1.807) is 7.11 Å². The number of ether oxygens (including phenoxy) is 2. The van der Waals surface area contributed by atoms with Crippen molar-refractivity contribution >= 4 is 17.7 Å². The highest BCUT2D eigenvalue weighted by molar-refractivity contribution is 5.86. The number of unbranched alkanes of at least 4 members (excludes halogenated alkanes) is 1. The fraction of sp³-hybridized carbons (Fsp3) is 0.750. The van der Waals surface area contributed by atoms with E-state index in [-0.39, 0.29) is 11.8 Å². The number of carboxylic acid groups (broad SMARTS) is 1. The summed E-state index contributed by atoms with van der Waals surface area (Å²) in [5.41, 5.74) is 2.41.